The smallest absolute Gasteiger partial charge is 0.290 e. The first-order valence-corrected chi connectivity index (χ1v) is 9.15. The molecule has 4 rings (SSSR count). The minimum atomic E-state index is -0.505. The summed E-state index contributed by atoms with van der Waals surface area (Å²) >= 11 is 0. The maximum Gasteiger partial charge on any atom is 0.290 e. The fraction of sp³-hybridized carbons (Fsp3) is 0.400. The highest BCUT2D eigenvalue weighted by Gasteiger charge is 2.38. The second-order valence-corrected chi connectivity index (χ2v) is 7.02. The van der Waals surface area contributed by atoms with Gasteiger partial charge in [-0.25, -0.2) is 0 Å². The fourth-order valence-electron chi connectivity index (χ4n) is 3.30. The molecule has 0 spiro atoms. The molecule has 1 atom stereocenters. The van der Waals surface area contributed by atoms with Gasteiger partial charge in [-0.1, -0.05) is 35.5 Å². The highest BCUT2D eigenvalue weighted by atomic mass is 16.5. The van der Waals surface area contributed by atoms with E-state index in [0.29, 0.717) is 24.6 Å². The number of benzene rings is 1. The Hall–Kier alpha value is -3.16. The van der Waals surface area contributed by atoms with Crippen molar-refractivity contribution < 1.29 is 24.0 Å². The zero-order valence-electron chi connectivity index (χ0n) is 15.7. The van der Waals surface area contributed by atoms with E-state index < -0.39 is 6.04 Å². The molecule has 28 heavy (non-hydrogen) atoms. The van der Waals surface area contributed by atoms with Crippen LogP contribution < -0.4 is 0 Å². The maximum absolute atomic E-state index is 12.7. The van der Waals surface area contributed by atoms with Crippen molar-refractivity contribution in [3.63, 3.8) is 0 Å². The predicted molar refractivity (Wildman–Crippen MR) is 99.3 cm³/mol. The number of piperazine rings is 1. The first kappa shape index (κ1) is 19.6. The van der Waals surface area contributed by atoms with Gasteiger partial charge in [0.15, 0.2) is 0 Å². The van der Waals surface area contributed by atoms with Gasteiger partial charge in [0.1, 0.15) is 17.5 Å². The number of aromatic nitrogens is 1. The van der Waals surface area contributed by atoms with E-state index in [4.69, 9.17) is 14.4 Å². The zero-order valence-corrected chi connectivity index (χ0v) is 15.7. The third-order valence-corrected chi connectivity index (χ3v) is 4.89. The van der Waals surface area contributed by atoms with Crippen LogP contribution in [0.4, 0.5) is 0 Å². The number of carboxylic acid groups (broad SMARTS) is 1. The Balaban J connectivity index is 0.000000706. The Bertz CT molecular complexity index is 831. The summed E-state index contributed by atoms with van der Waals surface area (Å²) in [7, 11) is 1.68. The van der Waals surface area contributed by atoms with Crippen LogP contribution in [0.5, 0.6) is 0 Å². The number of carbonyl (C=O) groups is 3. The van der Waals surface area contributed by atoms with Gasteiger partial charge in [0.25, 0.3) is 6.47 Å². The van der Waals surface area contributed by atoms with Gasteiger partial charge >= 0.3 is 0 Å². The molecule has 2 aromatic rings. The second kappa shape index (κ2) is 8.69. The van der Waals surface area contributed by atoms with Crippen molar-refractivity contribution in [2.75, 3.05) is 13.6 Å². The molecule has 2 amide bonds. The summed E-state index contributed by atoms with van der Waals surface area (Å²) in [6.07, 6.45) is 2.78. The lowest BCUT2D eigenvalue weighted by atomic mass is 10.0. The zero-order chi connectivity index (χ0) is 20.1. The monoisotopic (exact) mass is 385 g/mol. The van der Waals surface area contributed by atoms with Crippen LogP contribution >= 0.6 is 0 Å². The van der Waals surface area contributed by atoms with Gasteiger partial charge in [-0.15, -0.1) is 0 Å². The summed E-state index contributed by atoms with van der Waals surface area (Å²) < 4.78 is 5.38. The minimum Gasteiger partial charge on any atom is -0.483 e. The predicted octanol–water partition coefficient (Wildman–Crippen LogP) is 1.66. The van der Waals surface area contributed by atoms with Crippen LogP contribution in [0, 0.1) is 0 Å². The highest BCUT2D eigenvalue weighted by molar-refractivity contribution is 5.94. The Morgan fingerprint density at radius 2 is 1.93 bits per heavy atom. The third kappa shape index (κ3) is 4.57. The van der Waals surface area contributed by atoms with Crippen molar-refractivity contribution in [2.45, 2.75) is 37.8 Å². The Morgan fingerprint density at radius 1 is 1.25 bits per heavy atom. The van der Waals surface area contributed by atoms with Crippen molar-refractivity contribution in [3.05, 3.63) is 53.4 Å². The van der Waals surface area contributed by atoms with Gasteiger partial charge in [-0.05, 0) is 18.4 Å². The standard InChI is InChI=1S/C19H21N3O3.CH2O2/c1-21-12-18(23)22(11-15-10-17(25-20-15)14-7-8-14)16(19(21)24)9-13-5-3-2-4-6-13;2-1-3/h2-6,10,14,16H,7-9,11-12H2,1H3;1H,(H,2,3)/t16-;/m0./s1. The van der Waals surface area contributed by atoms with Crippen LogP contribution in [-0.2, 0) is 27.3 Å². The van der Waals surface area contributed by atoms with Gasteiger partial charge in [0, 0.05) is 25.5 Å². The number of likely N-dealkylation sites (N-methyl/N-ethyl adjacent to an activating group) is 1. The molecule has 1 aliphatic heterocycles. The van der Waals surface area contributed by atoms with Crippen LogP contribution in [0.3, 0.4) is 0 Å². The number of carbonyl (C=O) groups excluding carboxylic acids is 2. The molecule has 2 heterocycles. The SMILES string of the molecule is CN1CC(=O)N(Cc2cc(C3CC3)on2)[C@@H](Cc2ccccc2)C1=O.O=CO. The molecular weight excluding hydrogens is 362 g/mol. The van der Waals surface area contributed by atoms with Crippen LogP contribution in [0.2, 0.25) is 0 Å². The number of hydrogen-bond donors (Lipinski definition) is 1. The van der Waals surface area contributed by atoms with E-state index in [-0.39, 0.29) is 24.8 Å². The average molecular weight is 385 g/mol. The van der Waals surface area contributed by atoms with Crippen LogP contribution in [-0.4, -0.2) is 58.0 Å². The summed E-state index contributed by atoms with van der Waals surface area (Å²) in [6, 6.07) is 11.2. The molecule has 2 fully saturated rings. The van der Waals surface area contributed by atoms with E-state index in [1.54, 1.807) is 11.9 Å². The minimum absolute atomic E-state index is 0.0330. The second-order valence-electron chi connectivity index (χ2n) is 7.02. The molecule has 1 N–H and O–H groups in total. The van der Waals surface area contributed by atoms with Gasteiger partial charge in [-0.3, -0.25) is 14.4 Å². The average Bonchev–Trinajstić information content (AvgIpc) is 3.43. The Labute approximate surface area is 162 Å². The molecule has 148 valence electrons. The van der Waals surface area contributed by atoms with Crippen molar-refractivity contribution >= 4 is 18.3 Å². The topological polar surface area (TPSA) is 104 Å². The largest absolute Gasteiger partial charge is 0.483 e. The van der Waals surface area contributed by atoms with Crippen LogP contribution in [0.15, 0.2) is 40.9 Å². The molecule has 1 aliphatic carbocycles. The van der Waals surface area contributed by atoms with Gasteiger partial charge in [-0.2, -0.15) is 0 Å². The molecule has 1 aromatic heterocycles. The van der Waals surface area contributed by atoms with E-state index in [2.05, 4.69) is 5.16 Å². The quantitative estimate of drug-likeness (QED) is 0.785. The van der Waals surface area contributed by atoms with Crippen molar-refractivity contribution in [1.29, 1.82) is 0 Å². The molecule has 8 heteroatoms. The van der Waals surface area contributed by atoms with E-state index in [1.807, 2.05) is 36.4 Å². The summed E-state index contributed by atoms with van der Waals surface area (Å²) in [5.41, 5.74) is 1.75. The fourth-order valence-corrected chi connectivity index (χ4v) is 3.30. The molecule has 1 aromatic carbocycles. The van der Waals surface area contributed by atoms with Crippen molar-refractivity contribution in [2.24, 2.45) is 0 Å². The van der Waals surface area contributed by atoms with Gasteiger partial charge < -0.3 is 19.4 Å². The maximum atomic E-state index is 12.7. The molecule has 0 unspecified atom stereocenters. The first-order valence-electron chi connectivity index (χ1n) is 9.15. The summed E-state index contributed by atoms with van der Waals surface area (Å²) in [4.78, 5) is 36.8. The van der Waals surface area contributed by atoms with E-state index >= 15 is 0 Å². The highest BCUT2D eigenvalue weighted by Crippen LogP contribution is 2.40. The van der Waals surface area contributed by atoms with Gasteiger partial charge in [0.2, 0.25) is 11.8 Å². The lowest BCUT2D eigenvalue weighted by molar-refractivity contribution is -0.155. The Morgan fingerprint density at radius 3 is 2.57 bits per heavy atom. The molecule has 0 bridgehead atoms. The lowest BCUT2D eigenvalue weighted by Crippen LogP contribution is -2.59. The van der Waals surface area contributed by atoms with Crippen molar-refractivity contribution in [3.8, 4) is 0 Å². The molecule has 1 saturated carbocycles. The van der Waals surface area contributed by atoms with E-state index in [1.165, 1.54) is 4.90 Å². The molecular formula is C20H23N3O5. The van der Waals surface area contributed by atoms with E-state index in [9.17, 15) is 9.59 Å². The van der Waals surface area contributed by atoms with Gasteiger partial charge in [0.05, 0.1) is 13.1 Å². The molecule has 8 nitrogen and oxygen atoms in total. The molecule has 1 saturated heterocycles. The summed E-state index contributed by atoms with van der Waals surface area (Å²) in [5, 5.41) is 11.0. The lowest BCUT2D eigenvalue weighted by Gasteiger charge is -2.38. The molecule has 0 radical (unpaired) electrons. The Kier molecular flexibility index (Phi) is 6.08. The van der Waals surface area contributed by atoms with Crippen molar-refractivity contribution in [1.82, 2.24) is 15.0 Å². The third-order valence-electron chi connectivity index (χ3n) is 4.89. The first-order chi connectivity index (χ1) is 13.5. The number of hydrogen-bond acceptors (Lipinski definition) is 5. The summed E-state index contributed by atoms with van der Waals surface area (Å²) in [5.74, 6) is 1.28. The van der Waals surface area contributed by atoms with Crippen LogP contribution in [0.1, 0.15) is 35.8 Å². The number of amides is 2. The summed E-state index contributed by atoms with van der Waals surface area (Å²) in [6.45, 7) is 0.170. The molecule has 2 aliphatic rings. The normalized spacial score (nSPS) is 19.2. The number of nitrogens with zero attached hydrogens (tertiary/aromatic N) is 3. The van der Waals surface area contributed by atoms with Crippen LogP contribution in [0.25, 0.3) is 0 Å². The van der Waals surface area contributed by atoms with E-state index in [0.717, 1.165) is 24.2 Å². The number of rotatable bonds is 5.